The first-order valence-electron chi connectivity index (χ1n) is 8.23. The van der Waals surface area contributed by atoms with E-state index in [1.165, 1.54) is 0 Å². The molecule has 25 heavy (non-hydrogen) atoms. The Labute approximate surface area is 145 Å². The van der Waals surface area contributed by atoms with E-state index in [4.69, 9.17) is 0 Å². The van der Waals surface area contributed by atoms with Crippen LogP contribution in [0.5, 0.6) is 5.75 Å². The van der Waals surface area contributed by atoms with Crippen LogP contribution in [-0.2, 0) is 7.05 Å². The van der Waals surface area contributed by atoms with Gasteiger partial charge in [0.2, 0.25) is 0 Å². The van der Waals surface area contributed by atoms with Crippen molar-refractivity contribution >= 4 is 22.6 Å². The molecule has 3 aromatic rings. The lowest BCUT2D eigenvalue weighted by atomic mass is 10.1. The molecule has 1 aliphatic rings. The second-order valence-corrected chi connectivity index (χ2v) is 6.16. The van der Waals surface area contributed by atoms with Crippen molar-refractivity contribution in [3.63, 3.8) is 0 Å². The van der Waals surface area contributed by atoms with E-state index in [1.807, 2.05) is 24.2 Å². The van der Waals surface area contributed by atoms with E-state index >= 15 is 0 Å². The molecule has 7 heteroatoms. The lowest BCUT2D eigenvalue weighted by Gasteiger charge is -2.36. The van der Waals surface area contributed by atoms with E-state index in [0.29, 0.717) is 18.7 Å². The average Bonchev–Trinajstić information content (AvgIpc) is 3.03. The van der Waals surface area contributed by atoms with Crippen LogP contribution in [0.4, 0.5) is 5.69 Å². The van der Waals surface area contributed by atoms with Gasteiger partial charge >= 0.3 is 0 Å². The van der Waals surface area contributed by atoms with Crippen molar-refractivity contribution in [3.8, 4) is 5.75 Å². The Morgan fingerprint density at radius 3 is 2.52 bits per heavy atom. The van der Waals surface area contributed by atoms with Gasteiger partial charge in [-0.3, -0.25) is 9.48 Å². The molecule has 3 heterocycles. The van der Waals surface area contributed by atoms with Crippen LogP contribution in [-0.4, -0.2) is 56.9 Å². The summed E-state index contributed by atoms with van der Waals surface area (Å²) in [5.74, 6) is 0.167. The van der Waals surface area contributed by atoms with Crippen LogP contribution in [0, 0.1) is 0 Å². The Balaban J connectivity index is 1.49. The molecule has 1 aliphatic heterocycles. The van der Waals surface area contributed by atoms with Crippen molar-refractivity contribution in [1.29, 1.82) is 0 Å². The SMILES string of the molecule is Cn1ncc2c(N3CCN(C(=O)c4ccc(O)cc4)CC3)ccnc21. The average molecular weight is 337 g/mol. The number of phenols is 1. The quantitative estimate of drug-likeness (QED) is 0.769. The molecule has 0 radical (unpaired) electrons. The predicted octanol–water partition coefficient (Wildman–Crippen LogP) is 1.64. The number of carbonyl (C=O) groups is 1. The third-order valence-electron chi connectivity index (χ3n) is 4.63. The number of nitrogens with zero attached hydrogens (tertiary/aromatic N) is 5. The molecule has 1 amide bonds. The number of rotatable bonds is 2. The number of hydrogen-bond acceptors (Lipinski definition) is 5. The molecule has 1 N–H and O–H groups in total. The van der Waals surface area contributed by atoms with Gasteiger partial charge in [-0.2, -0.15) is 5.10 Å². The van der Waals surface area contributed by atoms with E-state index in [9.17, 15) is 9.90 Å². The minimum absolute atomic E-state index is 0.000836. The number of aromatic hydroxyl groups is 1. The van der Waals surface area contributed by atoms with Crippen LogP contribution in [0.1, 0.15) is 10.4 Å². The van der Waals surface area contributed by atoms with Crippen molar-refractivity contribution in [2.45, 2.75) is 0 Å². The zero-order valence-corrected chi connectivity index (χ0v) is 14.0. The van der Waals surface area contributed by atoms with Gasteiger partial charge in [0, 0.05) is 45.0 Å². The van der Waals surface area contributed by atoms with E-state index in [0.717, 1.165) is 29.8 Å². The van der Waals surface area contributed by atoms with Crippen LogP contribution in [0.2, 0.25) is 0 Å². The lowest BCUT2D eigenvalue weighted by Crippen LogP contribution is -2.48. The second kappa shape index (κ2) is 6.08. The summed E-state index contributed by atoms with van der Waals surface area (Å²) in [6.07, 6.45) is 3.64. The minimum atomic E-state index is 0.000836. The van der Waals surface area contributed by atoms with Crippen molar-refractivity contribution in [3.05, 3.63) is 48.3 Å². The Morgan fingerprint density at radius 2 is 1.80 bits per heavy atom. The highest BCUT2D eigenvalue weighted by molar-refractivity contribution is 5.94. The molecule has 1 aromatic carbocycles. The van der Waals surface area contributed by atoms with Crippen LogP contribution >= 0.6 is 0 Å². The predicted molar refractivity (Wildman–Crippen MR) is 94.7 cm³/mol. The summed E-state index contributed by atoms with van der Waals surface area (Å²) in [5, 5.41) is 14.7. The molecular weight excluding hydrogens is 318 g/mol. The van der Waals surface area contributed by atoms with Gasteiger partial charge < -0.3 is 14.9 Å². The highest BCUT2D eigenvalue weighted by atomic mass is 16.3. The molecule has 0 atom stereocenters. The van der Waals surface area contributed by atoms with Gasteiger partial charge in [0.1, 0.15) is 5.75 Å². The van der Waals surface area contributed by atoms with Gasteiger partial charge in [-0.25, -0.2) is 4.98 Å². The van der Waals surface area contributed by atoms with Crippen molar-refractivity contribution in [2.24, 2.45) is 7.05 Å². The third kappa shape index (κ3) is 2.77. The fraction of sp³-hybridized carbons (Fsp3) is 0.278. The number of amides is 1. The number of benzene rings is 1. The number of aryl methyl sites for hydroxylation is 1. The second-order valence-electron chi connectivity index (χ2n) is 6.16. The standard InChI is InChI=1S/C18H19N5O2/c1-21-17-15(12-20-21)16(6-7-19-17)22-8-10-23(11-9-22)18(25)13-2-4-14(24)5-3-13/h2-7,12,24H,8-11H2,1H3. The molecule has 7 nitrogen and oxygen atoms in total. The van der Waals surface area contributed by atoms with Crippen molar-refractivity contribution < 1.29 is 9.90 Å². The number of aromatic nitrogens is 3. The maximum atomic E-state index is 12.6. The van der Waals surface area contributed by atoms with Gasteiger partial charge in [-0.15, -0.1) is 0 Å². The molecule has 1 fully saturated rings. The highest BCUT2D eigenvalue weighted by Crippen LogP contribution is 2.26. The Kier molecular flexibility index (Phi) is 3.76. The summed E-state index contributed by atoms with van der Waals surface area (Å²) in [7, 11) is 1.88. The monoisotopic (exact) mass is 337 g/mol. The fourth-order valence-corrected chi connectivity index (χ4v) is 3.25. The number of pyridine rings is 1. The molecular formula is C18H19N5O2. The lowest BCUT2D eigenvalue weighted by molar-refractivity contribution is 0.0747. The maximum absolute atomic E-state index is 12.6. The molecule has 128 valence electrons. The van der Waals surface area contributed by atoms with Gasteiger partial charge in [-0.05, 0) is 30.3 Å². The van der Waals surface area contributed by atoms with Crippen molar-refractivity contribution in [2.75, 3.05) is 31.1 Å². The molecule has 0 saturated carbocycles. The number of piperazine rings is 1. The number of anilines is 1. The summed E-state index contributed by atoms with van der Waals surface area (Å²) in [6, 6.07) is 8.40. The van der Waals surface area contributed by atoms with Gasteiger partial charge in [0.05, 0.1) is 17.3 Å². The zero-order chi connectivity index (χ0) is 17.4. The van der Waals surface area contributed by atoms with Crippen LogP contribution in [0.15, 0.2) is 42.7 Å². The Bertz CT molecular complexity index is 911. The smallest absolute Gasteiger partial charge is 0.253 e. The molecule has 0 bridgehead atoms. The molecule has 0 spiro atoms. The first-order chi connectivity index (χ1) is 12.1. The Hall–Kier alpha value is -3.09. The van der Waals surface area contributed by atoms with E-state index < -0.39 is 0 Å². The van der Waals surface area contributed by atoms with Crippen LogP contribution in [0.3, 0.4) is 0 Å². The topological polar surface area (TPSA) is 74.5 Å². The molecule has 0 unspecified atom stereocenters. The highest BCUT2D eigenvalue weighted by Gasteiger charge is 2.23. The van der Waals surface area contributed by atoms with Crippen LogP contribution in [0.25, 0.3) is 11.0 Å². The molecule has 2 aromatic heterocycles. The molecule has 1 saturated heterocycles. The van der Waals surface area contributed by atoms with E-state index in [2.05, 4.69) is 15.0 Å². The van der Waals surface area contributed by atoms with E-state index in [-0.39, 0.29) is 11.7 Å². The largest absolute Gasteiger partial charge is 0.508 e. The van der Waals surface area contributed by atoms with E-state index in [1.54, 1.807) is 35.1 Å². The summed E-state index contributed by atoms with van der Waals surface area (Å²) in [5.41, 5.74) is 2.57. The maximum Gasteiger partial charge on any atom is 0.253 e. The summed E-state index contributed by atoms with van der Waals surface area (Å²) in [4.78, 5) is 21.1. The minimum Gasteiger partial charge on any atom is -0.508 e. The zero-order valence-electron chi connectivity index (χ0n) is 14.0. The summed E-state index contributed by atoms with van der Waals surface area (Å²) >= 11 is 0. The van der Waals surface area contributed by atoms with Gasteiger partial charge in [-0.1, -0.05) is 0 Å². The summed E-state index contributed by atoms with van der Waals surface area (Å²) < 4.78 is 1.77. The van der Waals surface area contributed by atoms with Gasteiger partial charge in [0.15, 0.2) is 5.65 Å². The number of carbonyl (C=O) groups excluding carboxylic acids is 1. The molecule has 4 rings (SSSR count). The third-order valence-corrected chi connectivity index (χ3v) is 4.63. The van der Waals surface area contributed by atoms with Gasteiger partial charge in [0.25, 0.3) is 5.91 Å². The van der Waals surface area contributed by atoms with Crippen molar-refractivity contribution in [1.82, 2.24) is 19.7 Å². The number of phenolic OH excluding ortho intramolecular Hbond substituents is 1. The number of fused-ring (bicyclic) bond motifs is 1. The normalized spacial score (nSPS) is 14.9. The Morgan fingerprint density at radius 1 is 1.08 bits per heavy atom. The van der Waals surface area contributed by atoms with Crippen LogP contribution < -0.4 is 4.90 Å². The first-order valence-corrected chi connectivity index (χ1v) is 8.23. The molecule has 0 aliphatic carbocycles. The summed E-state index contributed by atoms with van der Waals surface area (Å²) in [6.45, 7) is 2.84. The fourth-order valence-electron chi connectivity index (χ4n) is 3.25. The first kappa shape index (κ1) is 15.4. The number of hydrogen-bond donors (Lipinski definition) is 1.